The van der Waals surface area contributed by atoms with Crippen LogP contribution in [0.5, 0.6) is 0 Å². The summed E-state index contributed by atoms with van der Waals surface area (Å²) in [6.07, 6.45) is 0.134. The Kier molecular flexibility index (Phi) is 5.02. The van der Waals surface area contributed by atoms with E-state index in [9.17, 15) is 4.39 Å². The maximum atomic E-state index is 13.3. The Labute approximate surface area is 118 Å². The van der Waals surface area contributed by atoms with Crippen molar-refractivity contribution in [3.8, 4) is 0 Å². The Bertz CT molecular complexity index is 428. The monoisotopic (exact) mass is 286 g/mol. The molecule has 1 N–H and O–H groups in total. The summed E-state index contributed by atoms with van der Waals surface area (Å²) in [5, 5.41) is 3.34. The molecule has 0 saturated carbocycles. The standard InChI is InChI=1S/C14H20ClFN2O/c1-10(2)18-5-6-19-12(9-18)8-17-11-3-4-13(15)14(16)7-11/h3-4,7,10,12,17H,5-6,8-9H2,1-2H3. The fourth-order valence-corrected chi connectivity index (χ4v) is 2.29. The molecule has 2 rings (SSSR count). The number of morpholine rings is 1. The first-order chi connectivity index (χ1) is 9.06. The van der Waals surface area contributed by atoms with E-state index in [0.717, 1.165) is 25.4 Å². The molecule has 0 radical (unpaired) electrons. The summed E-state index contributed by atoms with van der Waals surface area (Å²) in [4.78, 5) is 2.39. The Balaban J connectivity index is 1.86. The van der Waals surface area contributed by atoms with Gasteiger partial charge in [0.25, 0.3) is 0 Å². The molecule has 0 bridgehead atoms. The summed E-state index contributed by atoms with van der Waals surface area (Å²) in [6, 6.07) is 5.26. The highest BCUT2D eigenvalue weighted by Gasteiger charge is 2.21. The second-order valence-corrected chi connectivity index (χ2v) is 5.50. The number of nitrogens with one attached hydrogen (secondary N) is 1. The van der Waals surface area contributed by atoms with E-state index < -0.39 is 5.82 Å². The lowest BCUT2D eigenvalue weighted by molar-refractivity contribution is -0.0315. The third-order valence-electron chi connectivity index (χ3n) is 3.35. The molecule has 1 aliphatic heterocycles. The van der Waals surface area contributed by atoms with Gasteiger partial charge in [0.1, 0.15) is 5.82 Å². The number of nitrogens with zero attached hydrogens (tertiary/aromatic N) is 1. The van der Waals surface area contributed by atoms with Gasteiger partial charge in [-0.3, -0.25) is 4.90 Å². The molecule has 1 atom stereocenters. The molecule has 0 amide bonds. The highest BCUT2D eigenvalue weighted by molar-refractivity contribution is 6.30. The van der Waals surface area contributed by atoms with E-state index >= 15 is 0 Å². The van der Waals surface area contributed by atoms with Crippen LogP contribution in [0.2, 0.25) is 5.02 Å². The molecule has 1 aromatic carbocycles. The van der Waals surface area contributed by atoms with Crippen LogP contribution in [0.4, 0.5) is 10.1 Å². The zero-order valence-electron chi connectivity index (χ0n) is 11.3. The van der Waals surface area contributed by atoms with Gasteiger partial charge >= 0.3 is 0 Å². The predicted octanol–water partition coefficient (Wildman–Crippen LogP) is 3.00. The van der Waals surface area contributed by atoms with Gasteiger partial charge in [-0.1, -0.05) is 11.6 Å². The molecule has 0 aromatic heterocycles. The lowest BCUT2D eigenvalue weighted by atomic mass is 10.2. The van der Waals surface area contributed by atoms with Gasteiger partial charge in [0.15, 0.2) is 0 Å². The van der Waals surface area contributed by atoms with Crippen molar-refractivity contribution in [2.24, 2.45) is 0 Å². The van der Waals surface area contributed by atoms with Gasteiger partial charge in [-0.25, -0.2) is 4.39 Å². The fourth-order valence-electron chi connectivity index (χ4n) is 2.17. The lowest BCUT2D eigenvalue weighted by Gasteiger charge is -2.35. The van der Waals surface area contributed by atoms with Crippen molar-refractivity contribution in [2.75, 3.05) is 31.6 Å². The van der Waals surface area contributed by atoms with Crippen LogP contribution in [0.15, 0.2) is 18.2 Å². The minimum Gasteiger partial charge on any atom is -0.382 e. The van der Waals surface area contributed by atoms with Crippen LogP contribution in [0.25, 0.3) is 0 Å². The number of anilines is 1. The first kappa shape index (κ1) is 14.6. The fraction of sp³-hybridized carbons (Fsp3) is 0.571. The Morgan fingerprint density at radius 1 is 1.53 bits per heavy atom. The molecular formula is C14H20ClFN2O. The van der Waals surface area contributed by atoms with E-state index in [1.807, 2.05) is 0 Å². The molecule has 1 unspecified atom stereocenters. The van der Waals surface area contributed by atoms with Crippen LogP contribution < -0.4 is 5.32 Å². The van der Waals surface area contributed by atoms with Crippen molar-refractivity contribution in [1.82, 2.24) is 4.90 Å². The average Bonchev–Trinajstić information content (AvgIpc) is 2.40. The smallest absolute Gasteiger partial charge is 0.143 e. The molecule has 106 valence electrons. The number of rotatable bonds is 4. The molecular weight excluding hydrogens is 267 g/mol. The van der Waals surface area contributed by atoms with E-state index in [2.05, 4.69) is 24.1 Å². The van der Waals surface area contributed by atoms with Crippen LogP contribution in [-0.2, 0) is 4.74 Å². The number of benzene rings is 1. The van der Waals surface area contributed by atoms with Crippen molar-refractivity contribution in [3.63, 3.8) is 0 Å². The molecule has 3 nitrogen and oxygen atoms in total. The summed E-state index contributed by atoms with van der Waals surface area (Å²) in [7, 11) is 0. The van der Waals surface area contributed by atoms with Crippen LogP contribution >= 0.6 is 11.6 Å². The van der Waals surface area contributed by atoms with Gasteiger partial charge in [0.2, 0.25) is 0 Å². The van der Waals surface area contributed by atoms with Crippen LogP contribution in [0.3, 0.4) is 0 Å². The van der Waals surface area contributed by atoms with Crippen molar-refractivity contribution >= 4 is 17.3 Å². The van der Waals surface area contributed by atoms with E-state index in [-0.39, 0.29) is 11.1 Å². The number of hydrogen-bond acceptors (Lipinski definition) is 3. The van der Waals surface area contributed by atoms with Gasteiger partial charge in [-0.05, 0) is 32.0 Å². The molecule has 1 aliphatic rings. The quantitative estimate of drug-likeness (QED) is 0.921. The van der Waals surface area contributed by atoms with E-state index in [1.54, 1.807) is 12.1 Å². The molecule has 5 heteroatoms. The van der Waals surface area contributed by atoms with Crippen molar-refractivity contribution in [2.45, 2.75) is 26.0 Å². The van der Waals surface area contributed by atoms with Gasteiger partial charge in [0, 0.05) is 31.4 Å². The SMILES string of the molecule is CC(C)N1CCOC(CNc2ccc(Cl)c(F)c2)C1. The predicted molar refractivity (Wildman–Crippen MR) is 76.3 cm³/mol. The maximum absolute atomic E-state index is 13.3. The Morgan fingerprint density at radius 2 is 2.32 bits per heavy atom. The van der Waals surface area contributed by atoms with Gasteiger partial charge in [-0.2, -0.15) is 0 Å². The minimum absolute atomic E-state index is 0.134. The summed E-state index contributed by atoms with van der Waals surface area (Å²) in [5.74, 6) is -0.403. The first-order valence-corrected chi connectivity index (χ1v) is 6.98. The normalized spacial score (nSPS) is 20.8. The average molecular weight is 287 g/mol. The van der Waals surface area contributed by atoms with E-state index in [4.69, 9.17) is 16.3 Å². The van der Waals surface area contributed by atoms with Gasteiger partial charge < -0.3 is 10.1 Å². The van der Waals surface area contributed by atoms with Crippen molar-refractivity contribution in [3.05, 3.63) is 29.0 Å². The summed E-state index contributed by atoms with van der Waals surface area (Å²) < 4.78 is 19.0. The number of halogens is 2. The summed E-state index contributed by atoms with van der Waals surface area (Å²) in [6.45, 7) is 7.67. The van der Waals surface area contributed by atoms with E-state index in [0.29, 0.717) is 12.6 Å². The van der Waals surface area contributed by atoms with Crippen molar-refractivity contribution in [1.29, 1.82) is 0 Å². The van der Waals surface area contributed by atoms with Gasteiger partial charge in [-0.15, -0.1) is 0 Å². The Morgan fingerprint density at radius 3 is 3.00 bits per heavy atom. The molecule has 1 fully saturated rings. The van der Waals surface area contributed by atoms with Crippen molar-refractivity contribution < 1.29 is 9.13 Å². The molecule has 19 heavy (non-hydrogen) atoms. The molecule has 1 heterocycles. The highest BCUT2D eigenvalue weighted by Crippen LogP contribution is 2.19. The van der Waals surface area contributed by atoms with E-state index in [1.165, 1.54) is 6.07 Å². The molecule has 0 spiro atoms. The van der Waals surface area contributed by atoms with Gasteiger partial charge in [0.05, 0.1) is 17.7 Å². The maximum Gasteiger partial charge on any atom is 0.143 e. The first-order valence-electron chi connectivity index (χ1n) is 6.61. The van der Waals surface area contributed by atoms with Crippen LogP contribution in [0, 0.1) is 5.82 Å². The molecule has 0 aliphatic carbocycles. The minimum atomic E-state index is -0.403. The third-order valence-corrected chi connectivity index (χ3v) is 3.66. The Hall–Kier alpha value is -0.840. The largest absolute Gasteiger partial charge is 0.382 e. The second-order valence-electron chi connectivity index (χ2n) is 5.09. The summed E-state index contributed by atoms with van der Waals surface area (Å²) in [5.41, 5.74) is 0.729. The zero-order chi connectivity index (χ0) is 13.8. The second kappa shape index (κ2) is 6.55. The van der Waals surface area contributed by atoms with Crippen LogP contribution in [-0.4, -0.2) is 43.3 Å². The topological polar surface area (TPSA) is 24.5 Å². The van der Waals surface area contributed by atoms with Crippen LogP contribution in [0.1, 0.15) is 13.8 Å². The summed E-state index contributed by atoms with van der Waals surface area (Å²) >= 11 is 5.65. The zero-order valence-corrected chi connectivity index (χ0v) is 12.1. The lowest BCUT2D eigenvalue weighted by Crippen LogP contribution is -2.48. The molecule has 1 saturated heterocycles. The number of hydrogen-bond donors (Lipinski definition) is 1. The highest BCUT2D eigenvalue weighted by atomic mass is 35.5. The molecule has 1 aromatic rings. The number of ether oxygens (including phenoxy) is 1. The third kappa shape index (κ3) is 4.06.